The molecule has 122 valence electrons. The second kappa shape index (κ2) is 6.55. The van der Waals surface area contributed by atoms with Gasteiger partial charge in [0.05, 0.1) is 12.8 Å². The molecule has 3 aromatic rings. The number of carbonyl (C=O) groups is 2. The van der Waals surface area contributed by atoms with E-state index < -0.39 is 5.91 Å². The van der Waals surface area contributed by atoms with E-state index in [-0.39, 0.29) is 5.91 Å². The molecule has 3 rings (SSSR count). The highest BCUT2D eigenvalue weighted by atomic mass is 32.1. The molecule has 2 amide bonds. The third kappa shape index (κ3) is 3.28. The van der Waals surface area contributed by atoms with Crippen LogP contribution >= 0.6 is 11.3 Å². The molecule has 1 aromatic carbocycles. The first-order chi connectivity index (χ1) is 11.6. The maximum Gasteiger partial charge on any atom is 0.265 e. The van der Waals surface area contributed by atoms with E-state index in [4.69, 9.17) is 10.5 Å². The Morgan fingerprint density at radius 1 is 1.29 bits per heavy atom. The molecule has 2 heterocycles. The first-order valence-electron chi connectivity index (χ1n) is 6.96. The second-order valence-corrected chi connectivity index (χ2v) is 5.74. The third-order valence-electron chi connectivity index (χ3n) is 3.32. The Balaban J connectivity index is 1.72. The van der Waals surface area contributed by atoms with E-state index in [1.165, 1.54) is 11.3 Å². The van der Waals surface area contributed by atoms with Crippen molar-refractivity contribution in [2.75, 3.05) is 12.4 Å². The molecule has 2 aromatic heterocycles. The molecule has 7 nitrogen and oxygen atoms in total. The van der Waals surface area contributed by atoms with Crippen molar-refractivity contribution in [2.45, 2.75) is 0 Å². The van der Waals surface area contributed by atoms with Crippen molar-refractivity contribution in [1.82, 2.24) is 9.97 Å². The normalized spacial score (nSPS) is 10.4. The predicted molar refractivity (Wildman–Crippen MR) is 91.4 cm³/mol. The fraction of sp³-hybridized carbons (Fsp3) is 0.0625. The Morgan fingerprint density at radius 2 is 2.04 bits per heavy atom. The molecule has 0 fully saturated rings. The van der Waals surface area contributed by atoms with Gasteiger partial charge in [-0.2, -0.15) is 0 Å². The summed E-state index contributed by atoms with van der Waals surface area (Å²) in [7, 11) is 1.57. The lowest BCUT2D eigenvalue weighted by Crippen LogP contribution is -2.11. The number of methoxy groups -OCH3 is 1. The SMILES string of the molecule is COc1ccc(C(=O)Nc2nc(-c3c[nH]c(C(N)=O)c3)cs2)cc1. The van der Waals surface area contributed by atoms with Crippen molar-refractivity contribution >= 4 is 28.3 Å². The Hall–Kier alpha value is -3.13. The van der Waals surface area contributed by atoms with E-state index in [9.17, 15) is 9.59 Å². The average molecular weight is 342 g/mol. The quantitative estimate of drug-likeness (QED) is 0.661. The number of nitrogens with zero attached hydrogens (tertiary/aromatic N) is 1. The number of nitrogens with one attached hydrogen (secondary N) is 2. The van der Waals surface area contributed by atoms with Crippen molar-refractivity contribution < 1.29 is 14.3 Å². The molecular formula is C16H14N4O3S. The molecule has 8 heteroatoms. The zero-order chi connectivity index (χ0) is 17.1. The van der Waals surface area contributed by atoms with Crippen molar-refractivity contribution in [1.29, 1.82) is 0 Å². The lowest BCUT2D eigenvalue weighted by molar-refractivity contribution is 0.0994. The van der Waals surface area contributed by atoms with Crippen LogP contribution < -0.4 is 15.8 Å². The first kappa shape index (κ1) is 15.8. The molecule has 24 heavy (non-hydrogen) atoms. The van der Waals surface area contributed by atoms with Gasteiger partial charge < -0.3 is 15.5 Å². The van der Waals surface area contributed by atoms with Crippen LogP contribution in [0, 0.1) is 0 Å². The van der Waals surface area contributed by atoms with Crippen LogP contribution in [0.1, 0.15) is 20.8 Å². The number of amides is 2. The fourth-order valence-electron chi connectivity index (χ4n) is 2.06. The molecule has 4 N–H and O–H groups in total. The van der Waals surface area contributed by atoms with Gasteiger partial charge >= 0.3 is 0 Å². The molecule has 0 bridgehead atoms. The maximum absolute atomic E-state index is 12.2. The van der Waals surface area contributed by atoms with Gasteiger partial charge in [0.1, 0.15) is 11.4 Å². The molecule has 0 spiro atoms. The lowest BCUT2D eigenvalue weighted by Gasteiger charge is -2.03. The average Bonchev–Trinajstić information content (AvgIpc) is 3.24. The number of carbonyl (C=O) groups excluding carboxylic acids is 2. The number of hydrogen-bond donors (Lipinski definition) is 3. The van der Waals surface area contributed by atoms with Crippen LogP contribution in [-0.4, -0.2) is 28.9 Å². The Morgan fingerprint density at radius 3 is 2.67 bits per heavy atom. The van der Waals surface area contributed by atoms with Crippen LogP contribution in [0.15, 0.2) is 41.9 Å². The van der Waals surface area contributed by atoms with E-state index in [0.717, 1.165) is 5.56 Å². The van der Waals surface area contributed by atoms with Gasteiger partial charge in [0.15, 0.2) is 5.13 Å². The molecular weight excluding hydrogens is 328 g/mol. The largest absolute Gasteiger partial charge is 0.497 e. The summed E-state index contributed by atoms with van der Waals surface area (Å²) in [4.78, 5) is 30.4. The molecule has 0 radical (unpaired) electrons. The minimum atomic E-state index is -0.537. The van der Waals surface area contributed by atoms with E-state index in [2.05, 4.69) is 15.3 Å². The van der Waals surface area contributed by atoms with Crippen LogP contribution in [0.25, 0.3) is 11.3 Å². The summed E-state index contributed by atoms with van der Waals surface area (Å²) < 4.78 is 5.06. The van der Waals surface area contributed by atoms with Gasteiger partial charge in [-0.15, -0.1) is 11.3 Å². The highest BCUT2D eigenvalue weighted by molar-refractivity contribution is 7.14. The lowest BCUT2D eigenvalue weighted by atomic mass is 10.2. The molecule has 0 unspecified atom stereocenters. The number of ether oxygens (including phenoxy) is 1. The minimum Gasteiger partial charge on any atom is -0.497 e. The minimum absolute atomic E-state index is 0.259. The summed E-state index contributed by atoms with van der Waals surface area (Å²) >= 11 is 1.29. The molecule has 0 atom stereocenters. The van der Waals surface area contributed by atoms with Crippen LogP contribution in [-0.2, 0) is 0 Å². The number of aromatic amines is 1. The molecule has 0 aliphatic heterocycles. The van der Waals surface area contributed by atoms with Crippen LogP contribution in [0.3, 0.4) is 0 Å². The van der Waals surface area contributed by atoms with Crippen molar-refractivity contribution in [3.05, 3.63) is 53.2 Å². The number of benzene rings is 1. The zero-order valence-corrected chi connectivity index (χ0v) is 13.5. The second-order valence-electron chi connectivity index (χ2n) is 4.89. The van der Waals surface area contributed by atoms with Gasteiger partial charge in [0.25, 0.3) is 11.8 Å². The van der Waals surface area contributed by atoms with Gasteiger partial charge in [-0.05, 0) is 30.3 Å². The van der Waals surface area contributed by atoms with Crippen LogP contribution in [0.5, 0.6) is 5.75 Å². The Labute approximate surface area is 141 Å². The van der Waals surface area contributed by atoms with E-state index in [1.54, 1.807) is 49.0 Å². The third-order valence-corrected chi connectivity index (χ3v) is 4.08. The summed E-state index contributed by atoms with van der Waals surface area (Å²) in [5, 5.41) is 5.00. The molecule has 0 aliphatic carbocycles. The molecule has 0 aliphatic rings. The number of H-pyrrole nitrogens is 1. The van der Waals surface area contributed by atoms with Crippen molar-refractivity contribution in [3.63, 3.8) is 0 Å². The van der Waals surface area contributed by atoms with E-state index in [0.29, 0.717) is 27.8 Å². The predicted octanol–water partition coefficient (Wildman–Crippen LogP) is 2.50. The number of nitrogens with two attached hydrogens (primary N) is 1. The monoisotopic (exact) mass is 342 g/mol. The van der Waals surface area contributed by atoms with E-state index in [1.807, 2.05) is 0 Å². The Bertz CT molecular complexity index is 883. The molecule has 0 saturated carbocycles. The standard InChI is InChI=1S/C16H14N4O3S/c1-23-11-4-2-9(3-5-11)15(22)20-16-19-13(8-24-16)10-6-12(14(17)21)18-7-10/h2-8,18H,1H3,(H2,17,21)(H,19,20,22). The smallest absolute Gasteiger partial charge is 0.265 e. The van der Waals surface area contributed by atoms with Gasteiger partial charge in [-0.25, -0.2) is 4.98 Å². The number of hydrogen-bond acceptors (Lipinski definition) is 5. The highest BCUT2D eigenvalue weighted by Crippen LogP contribution is 2.26. The Kier molecular flexibility index (Phi) is 4.30. The van der Waals surface area contributed by atoms with Gasteiger partial charge in [0.2, 0.25) is 0 Å². The first-order valence-corrected chi connectivity index (χ1v) is 7.84. The summed E-state index contributed by atoms with van der Waals surface area (Å²) in [6.45, 7) is 0. The fourth-order valence-corrected chi connectivity index (χ4v) is 2.77. The van der Waals surface area contributed by atoms with Crippen molar-refractivity contribution in [3.8, 4) is 17.0 Å². The summed E-state index contributed by atoms with van der Waals surface area (Å²) in [5.74, 6) is -0.115. The van der Waals surface area contributed by atoms with Crippen LogP contribution in [0.4, 0.5) is 5.13 Å². The number of thiazole rings is 1. The zero-order valence-electron chi connectivity index (χ0n) is 12.7. The number of aromatic nitrogens is 2. The number of rotatable bonds is 5. The van der Waals surface area contributed by atoms with Gasteiger partial charge in [-0.3, -0.25) is 14.9 Å². The molecule has 0 saturated heterocycles. The van der Waals surface area contributed by atoms with Crippen molar-refractivity contribution in [2.24, 2.45) is 5.73 Å². The van der Waals surface area contributed by atoms with Crippen LogP contribution in [0.2, 0.25) is 0 Å². The van der Waals surface area contributed by atoms with E-state index >= 15 is 0 Å². The topological polar surface area (TPSA) is 110 Å². The summed E-state index contributed by atoms with van der Waals surface area (Å²) in [6, 6.07) is 8.40. The number of anilines is 1. The number of primary amides is 1. The summed E-state index contributed by atoms with van der Waals surface area (Å²) in [5.41, 5.74) is 7.39. The highest BCUT2D eigenvalue weighted by Gasteiger charge is 2.12. The maximum atomic E-state index is 12.2. The van der Waals surface area contributed by atoms with Gasteiger partial charge in [0, 0.05) is 22.7 Å². The van der Waals surface area contributed by atoms with Gasteiger partial charge in [-0.1, -0.05) is 0 Å². The summed E-state index contributed by atoms with van der Waals surface area (Å²) in [6.07, 6.45) is 1.64.